The van der Waals surface area contributed by atoms with E-state index in [-0.39, 0.29) is 35.3 Å². The zero-order valence-electron chi connectivity index (χ0n) is 15.3. The molecule has 0 aromatic rings. The van der Waals surface area contributed by atoms with Crippen LogP contribution in [0.4, 0.5) is 0 Å². The van der Waals surface area contributed by atoms with Crippen molar-refractivity contribution in [3.05, 3.63) is 23.0 Å². The lowest BCUT2D eigenvalue weighted by atomic mass is 9.54. The molecule has 0 radical (unpaired) electrons. The molecule has 1 heterocycles. The summed E-state index contributed by atoms with van der Waals surface area (Å²) < 4.78 is 11.4. The highest BCUT2D eigenvalue weighted by molar-refractivity contribution is 5.87. The number of rotatable bonds is 2. The highest BCUT2D eigenvalue weighted by Crippen LogP contribution is 2.57. The van der Waals surface area contributed by atoms with Gasteiger partial charge in [0.15, 0.2) is 0 Å². The normalized spacial score (nSPS) is 39.2. The third kappa shape index (κ3) is 2.60. The van der Waals surface area contributed by atoms with Crippen LogP contribution in [0.15, 0.2) is 23.0 Å². The van der Waals surface area contributed by atoms with Crippen molar-refractivity contribution < 1.29 is 19.1 Å². The standard InChI is InChI=1S/C20H28O4/c1-6-11(2)18(21)23-16-8-7-12(3)20(5)10-14-13(4)19(22)24-17(14)9-15(16)20/h6,12-13,15-16H,7-10H2,1-5H3/b11-6-/t12-,13-,15-,16+,20+/m0/s1. The van der Waals surface area contributed by atoms with Gasteiger partial charge in [-0.05, 0) is 56.9 Å². The Balaban J connectivity index is 1.88. The molecule has 1 aliphatic heterocycles. The van der Waals surface area contributed by atoms with Gasteiger partial charge < -0.3 is 9.47 Å². The Hall–Kier alpha value is -1.58. The molecule has 0 amide bonds. The Kier molecular flexibility index (Phi) is 4.35. The molecule has 2 aliphatic carbocycles. The summed E-state index contributed by atoms with van der Waals surface area (Å²) in [5.41, 5.74) is 1.86. The lowest BCUT2D eigenvalue weighted by molar-refractivity contribution is -0.158. The molecule has 4 nitrogen and oxygen atoms in total. The predicted molar refractivity (Wildman–Crippen MR) is 90.8 cm³/mol. The van der Waals surface area contributed by atoms with Crippen molar-refractivity contribution in [1.29, 1.82) is 0 Å². The molecule has 0 N–H and O–H groups in total. The number of hydrogen-bond donors (Lipinski definition) is 0. The molecule has 132 valence electrons. The molecule has 0 spiro atoms. The van der Waals surface area contributed by atoms with Gasteiger partial charge in [0.1, 0.15) is 11.9 Å². The molecule has 0 aromatic carbocycles. The van der Waals surface area contributed by atoms with Crippen molar-refractivity contribution >= 4 is 11.9 Å². The first kappa shape index (κ1) is 17.2. The van der Waals surface area contributed by atoms with Crippen LogP contribution in [0.3, 0.4) is 0 Å². The molecular formula is C20H28O4. The highest BCUT2D eigenvalue weighted by Gasteiger charge is 2.54. The molecule has 1 fully saturated rings. The monoisotopic (exact) mass is 332 g/mol. The van der Waals surface area contributed by atoms with Crippen molar-refractivity contribution in [2.75, 3.05) is 0 Å². The average molecular weight is 332 g/mol. The second kappa shape index (κ2) is 6.05. The summed E-state index contributed by atoms with van der Waals surface area (Å²) in [5.74, 6) is 1.11. The van der Waals surface area contributed by atoms with Gasteiger partial charge in [0.2, 0.25) is 0 Å². The van der Waals surface area contributed by atoms with Crippen LogP contribution in [0.1, 0.15) is 60.3 Å². The van der Waals surface area contributed by atoms with Gasteiger partial charge in [-0.25, -0.2) is 4.79 Å². The van der Waals surface area contributed by atoms with Gasteiger partial charge in [-0.3, -0.25) is 4.79 Å². The largest absolute Gasteiger partial charge is 0.459 e. The molecule has 0 saturated heterocycles. The molecule has 0 bridgehead atoms. The lowest BCUT2D eigenvalue weighted by Crippen LogP contribution is -2.49. The maximum atomic E-state index is 12.2. The van der Waals surface area contributed by atoms with Crippen LogP contribution in [0.2, 0.25) is 0 Å². The van der Waals surface area contributed by atoms with E-state index in [2.05, 4.69) is 13.8 Å². The third-order valence-corrected chi connectivity index (χ3v) is 6.75. The molecule has 0 unspecified atom stereocenters. The number of esters is 2. The van der Waals surface area contributed by atoms with Gasteiger partial charge in [-0.15, -0.1) is 0 Å². The average Bonchev–Trinajstić information content (AvgIpc) is 2.82. The van der Waals surface area contributed by atoms with Crippen LogP contribution in [0.25, 0.3) is 0 Å². The second-order valence-electron chi connectivity index (χ2n) is 7.98. The first-order valence-electron chi connectivity index (χ1n) is 9.05. The van der Waals surface area contributed by atoms with Crippen molar-refractivity contribution in [2.24, 2.45) is 23.2 Å². The minimum absolute atomic E-state index is 0.0497. The third-order valence-electron chi connectivity index (χ3n) is 6.75. The number of carbonyl (C=O) groups is 2. The topological polar surface area (TPSA) is 52.6 Å². The number of allylic oxidation sites excluding steroid dienone is 2. The Morgan fingerprint density at radius 1 is 1.33 bits per heavy atom. The van der Waals surface area contributed by atoms with Crippen molar-refractivity contribution in [3.8, 4) is 0 Å². The summed E-state index contributed by atoms with van der Waals surface area (Å²) in [6.07, 6.45) is 5.20. The number of carbonyl (C=O) groups excluding carboxylic acids is 2. The zero-order chi connectivity index (χ0) is 17.6. The Morgan fingerprint density at radius 2 is 2.04 bits per heavy atom. The summed E-state index contributed by atoms with van der Waals surface area (Å²) in [5, 5.41) is 0. The fourth-order valence-electron chi connectivity index (χ4n) is 4.59. The van der Waals surface area contributed by atoms with Gasteiger partial charge >= 0.3 is 11.9 Å². The van der Waals surface area contributed by atoms with Gasteiger partial charge in [0, 0.05) is 17.9 Å². The zero-order valence-corrected chi connectivity index (χ0v) is 15.3. The highest BCUT2D eigenvalue weighted by atomic mass is 16.6. The molecule has 1 saturated carbocycles. The number of hydrogen-bond acceptors (Lipinski definition) is 4. The molecule has 3 aliphatic rings. The van der Waals surface area contributed by atoms with Gasteiger partial charge in [-0.1, -0.05) is 19.9 Å². The summed E-state index contributed by atoms with van der Waals surface area (Å²) in [6.45, 7) is 10.2. The SMILES string of the molecule is C/C=C(/C)C(=O)O[C@@H]1CC[C@H](C)[C@@]2(C)CC3=C(C[C@@H]12)OC(=O)[C@H]3C. The fourth-order valence-corrected chi connectivity index (χ4v) is 4.59. The summed E-state index contributed by atoms with van der Waals surface area (Å²) in [7, 11) is 0. The van der Waals surface area contributed by atoms with E-state index >= 15 is 0 Å². The van der Waals surface area contributed by atoms with Crippen molar-refractivity contribution in [1.82, 2.24) is 0 Å². The van der Waals surface area contributed by atoms with Crippen molar-refractivity contribution in [3.63, 3.8) is 0 Å². The Morgan fingerprint density at radius 3 is 2.71 bits per heavy atom. The van der Waals surface area contributed by atoms with Crippen LogP contribution < -0.4 is 0 Å². The minimum atomic E-state index is -0.226. The minimum Gasteiger partial charge on any atom is -0.459 e. The fraction of sp³-hybridized carbons (Fsp3) is 0.700. The maximum Gasteiger partial charge on any atom is 0.333 e. The smallest absolute Gasteiger partial charge is 0.333 e. The second-order valence-corrected chi connectivity index (χ2v) is 7.98. The van der Waals surface area contributed by atoms with E-state index in [1.165, 1.54) is 5.57 Å². The van der Waals surface area contributed by atoms with Crippen LogP contribution in [0, 0.1) is 23.2 Å². The first-order chi connectivity index (χ1) is 11.3. The molecule has 3 rings (SSSR count). The van der Waals surface area contributed by atoms with Crippen LogP contribution >= 0.6 is 0 Å². The van der Waals surface area contributed by atoms with E-state index in [1.54, 1.807) is 13.0 Å². The first-order valence-corrected chi connectivity index (χ1v) is 9.05. The number of ether oxygens (including phenoxy) is 2. The van der Waals surface area contributed by atoms with E-state index in [4.69, 9.17) is 9.47 Å². The van der Waals surface area contributed by atoms with E-state index in [1.807, 2.05) is 13.8 Å². The molecule has 5 atom stereocenters. The Bertz CT molecular complexity index is 630. The van der Waals surface area contributed by atoms with Gasteiger partial charge in [0.05, 0.1) is 5.92 Å². The quantitative estimate of drug-likeness (QED) is 0.563. The van der Waals surface area contributed by atoms with E-state index in [0.717, 1.165) is 25.0 Å². The van der Waals surface area contributed by atoms with Crippen LogP contribution in [0.5, 0.6) is 0 Å². The summed E-state index contributed by atoms with van der Waals surface area (Å²) in [6, 6.07) is 0. The molecule has 0 aromatic heterocycles. The Labute approximate surface area is 144 Å². The van der Waals surface area contributed by atoms with E-state index in [0.29, 0.717) is 17.9 Å². The lowest BCUT2D eigenvalue weighted by Gasteiger charge is -2.52. The summed E-state index contributed by atoms with van der Waals surface area (Å²) in [4.78, 5) is 24.2. The molecule has 24 heavy (non-hydrogen) atoms. The van der Waals surface area contributed by atoms with Crippen LogP contribution in [-0.2, 0) is 19.1 Å². The predicted octanol–water partition coefficient (Wildman–Crippen LogP) is 4.16. The van der Waals surface area contributed by atoms with Crippen molar-refractivity contribution in [2.45, 2.75) is 66.4 Å². The van der Waals surface area contributed by atoms with Gasteiger partial charge in [-0.2, -0.15) is 0 Å². The maximum absolute atomic E-state index is 12.2. The number of fused-ring (bicyclic) bond motifs is 1. The van der Waals surface area contributed by atoms with E-state index < -0.39 is 0 Å². The van der Waals surface area contributed by atoms with Gasteiger partial charge in [0.25, 0.3) is 0 Å². The van der Waals surface area contributed by atoms with E-state index in [9.17, 15) is 9.59 Å². The van der Waals surface area contributed by atoms with Crippen LogP contribution in [-0.4, -0.2) is 18.0 Å². The summed E-state index contributed by atoms with van der Waals surface area (Å²) >= 11 is 0. The molecular weight excluding hydrogens is 304 g/mol. The molecule has 4 heteroatoms.